The van der Waals surface area contributed by atoms with Gasteiger partial charge in [-0.1, -0.05) is 6.07 Å². The van der Waals surface area contributed by atoms with Gasteiger partial charge < -0.3 is 10.0 Å². The van der Waals surface area contributed by atoms with E-state index in [9.17, 15) is 4.79 Å². The summed E-state index contributed by atoms with van der Waals surface area (Å²) < 4.78 is 0. The first-order valence-corrected chi connectivity index (χ1v) is 5.98. The Bertz CT molecular complexity index is 333. The van der Waals surface area contributed by atoms with Crippen LogP contribution in [-0.2, 0) is 11.2 Å². The number of hydrogen-bond acceptors (Lipinski definition) is 3. The molecule has 5 heteroatoms. The van der Waals surface area contributed by atoms with Crippen LogP contribution in [0.2, 0.25) is 0 Å². The van der Waals surface area contributed by atoms with Crippen LogP contribution < -0.4 is 0 Å². The molecule has 0 aromatic carbocycles. The summed E-state index contributed by atoms with van der Waals surface area (Å²) in [5, 5.41) is 8.55. The van der Waals surface area contributed by atoms with Crippen LogP contribution in [0.25, 0.3) is 0 Å². The van der Waals surface area contributed by atoms with Gasteiger partial charge in [0.1, 0.15) is 0 Å². The number of carbonyl (C=O) groups is 1. The zero-order valence-corrected chi connectivity index (χ0v) is 11.5. The Labute approximate surface area is 114 Å². The molecule has 1 rings (SSSR count). The highest BCUT2D eigenvalue weighted by Gasteiger charge is 2.02. The maximum atomic E-state index is 10.4. The van der Waals surface area contributed by atoms with Gasteiger partial charge in [-0.15, -0.1) is 12.4 Å². The third-order valence-corrected chi connectivity index (χ3v) is 2.66. The molecule has 102 valence electrons. The molecule has 0 amide bonds. The highest BCUT2D eigenvalue weighted by atomic mass is 35.5. The first-order valence-electron chi connectivity index (χ1n) is 5.98. The maximum Gasteiger partial charge on any atom is 0.304 e. The number of hydrogen-bond donors (Lipinski definition) is 1. The normalized spacial score (nSPS) is 10.1. The minimum Gasteiger partial charge on any atom is -0.481 e. The zero-order chi connectivity index (χ0) is 12.5. The van der Waals surface area contributed by atoms with Gasteiger partial charge in [0.15, 0.2) is 0 Å². The number of carboxylic acid groups (broad SMARTS) is 1. The van der Waals surface area contributed by atoms with E-state index in [0.717, 1.165) is 31.5 Å². The topological polar surface area (TPSA) is 53.4 Å². The molecular formula is C13H21ClN2O2. The van der Waals surface area contributed by atoms with Crippen LogP contribution in [-0.4, -0.2) is 41.1 Å². The molecule has 0 bridgehead atoms. The Balaban J connectivity index is 0.00000289. The van der Waals surface area contributed by atoms with Crippen molar-refractivity contribution < 1.29 is 9.90 Å². The van der Waals surface area contributed by atoms with Crippen molar-refractivity contribution in [3.8, 4) is 0 Å². The highest BCUT2D eigenvalue weighted by Crippen LogP contribution is 2.02. The van der Waals surface area contributed by atoms with E-state index in [1.807, 2.05) is 31.4 Å². The molecule has 0 aliphatic rings. The van der Waals surface area contributed by atoms with E-state index in [2.05, 4.69) is 9.88 Å². The van der Waals surface area contributed by atoms with Crippen molar-refractivity contribution in [1.29, 1.82) is 0 Å². The summed E-state index contributed by atoms with van der Waals surface area (Å²) in [7, 11) is 1.96. The molecule has 1 aromatic rings. The minimum absolute atomic E-state index is 0. The lowest BCUT2D eigenvalue weighted by Crippen LogP contribution is -2.23. The van der Waals surface area contributed by atoms with Crippen LogP contribution in [0.3, 0.4) is 0 Å². The average molecular weight is 273 g/mol. The van der Waals surface area contributed by atoms with E-state index in [0.29, 0.717) is 6.54 Å². The summed E-state index contributed by atoms with van der Waals surface area (Å²) in [5.41, 5.74) is 1.13. The second kappa shape index (κ2) is 9.85. The predicted molar refractivity (Wildman–Crippen MR) is 74.2 cm³/mol. The zero-order valence-electron chi connectivity index (χ0n) is 10.7. The fourth-order valence-corrected chi connectivity index (χ4v) is 1.63. The van der Waals surface area contributed by atoms with Crippen LogP contribution in [0.15, 0.2) is 24.4 Å². The van der Waals surface area contributed by atoms with Crippen molar-refractivity contribution in [1.82, 2.24) is 9.88 Å². The van der Waals surface area contributed by atoms with Gasteiger partial charge >= 0.3 is 5.97 Å². The fraction of sp³-hybridized carbons (Fsp3) is 0.538. The SMILES string of the molecule is CN(CCCCc1ccccn1)CCC(=O)O.Cl. The van der Waals surface area contributed by atoms with Gasteiger partial charge in [-0.25, -0.2) is 0 Å². The highest BCUT2D eigenvalue weighted by molar-refractivity contribution is 5.85. The molecule has 18 heavy (non-hydrogen) atoms. The summed E-state index contributed by atoms with van der Waals surface area (Å²) in [4.78, 5) is 16.7. The van der Waals surface area contributed by atoms with Crippen molar-refractivity contribution in [3.05, 3.63) is 30.1 Å². The Morgan fingerprint density at radius 1 is 1.33 bits per heavy atom. The molecule has 0 fully saturated rings. The number of nitrogens with zero attached hydrogens (tertiary/aromatic N) is 2. The number of pyridine rings is 1. The van der Waals surface area contributed by atoms with Crippen molar-refractivity contribution >= 4 is 18.4 Å². The molecule has 4 nitrogen and oxygen atoms in total. The van der Waals surface area contributed by atoms with Crippen molar-refractivity contribution in [2.24, 2.45) is 0 Å². The number of rotatable bonds is 8. The number of halogens is 1. The van der Waals surface area contributed by atoms with Crippen LogP contribution in [0.5, 0.6) is 0 Å². The maximum absolute atomic E-state index is 10.4. The lowest BCUT2D eigenvalue weighted by Gasteiger charge is -2.14. The molecule has 0 spiro atoms. The van der Waals surface area contributed by atoms with E-state index in [-0.39, 0.29) is 18.8 Å². The summed E-state index contributed by atoms with van der Waals surface area (Å²) in [6.07, 6.45) is 5.19. The third kappa shape index (κ3) is 8.03. The molecule has 1 N–H and O–H groups in total. The Morgan fingerprint density at radius 2 is 2.11 bits per heavy atom. The summed E-state index contributed by atoms with van der Waals surface area (Å²) >= 11 is 0. The van der Waals surface area contributed by atoms with Gasteiger partial charge in [0.2, 0.25) is 0 Å². The van der Waals surface area contributed by atoms with Gasteiger partial charge in [-0.2, -0.15) is 0 Å². The van der Waals surface area contributed by atoms with Gasteiger partial charge in [-0.05, 0) is 45.0 Å². The molecule has 0 radical (unpaired) electrons. The van der Waals surface area contributed by atoms with Crippen molar-refractivity contribution in [3.63, 3.8) is 0 Å². The van der Waals surface area contributed by atoms with Crippen molar-refractivity contribution in [2.45, 2.75) is 25.7 Å². The number of aryl methyl sites for hydroxylation is 1. The van der Waals surface area contributed by atoms with Crippen LogP contribution >= 0.6 is 12.4 Å². The molecule has 0 aliphatic carbocycles. The smallest absolute Gasteiger partial charge is 0.304 e. The van der Waals surface area contributed by atoms with Gasteiger partial charge in [0, 0.05) is 18.4 Å². The van der Waals surface area contributed by atoms with Crippen LogP contribution in [0.1, 0.15) is 25.0 Å². The van der Waals surface area contributed by atoms with Gasteiger partial charge in [-0.3, -0.25) is 9.78 Å². The van der Waals surface area contributed by atoms with E-state index in [4.69, 9.17) is 5.11 Å². The summed E-state index contributed by atoms with van der Waals surface area (Å²) in [5.74, 6) is -0.731. The molecule has 0 unspecified atom stereocenters. The first kappa shape index (κ1) is 16.9. The molecule has 0 atom stereocenters. The molecule has 0 saturated carbocycles. The lowest BCUT2D eigenvalue weighted by atomic mass is 10.2. The second-order valence-corrected chi connectivity index (χ2v) is 4.23. The summed E-state index contributed by atoms with van der Waals surface area (Å²) in [6.45, 7) is 1.57. The quantitative estimate of drug-likeness (QED) is 0.738. The van der Waals surface area contributed by atoms with E-state index >= 15 is 0 Å². The molecule has 0 saturated heterocycles. The Morgan fingerprint density at radius 3 is 2.72 bits per heavy atom. The number of aliphatic carboxylic acids is 1. The predicted octanol–water partition coefficient (Wildman–Crippen LogP) is 2.23. The third-order valence-electron chi connectivity index (χ3n) is 2.66. The average Bonchev–Trinajstić information content (AvgIpc) is 2.33. The van der Waals surface area contributed by atoms with E-state index in [1.165, 1.54) is 0 Å². The van der Waals surface area contributed by atoms with E-state index in [1.54, 1.807) is 0 Å². The molecular weight excluding hydrogens is 252 g/mol. The molecule has 0 aliphatic heterocycles. The van der Waals surface area contributed by atoms with Gasteiger partial charge in [0.05, 0.1) is 6.42 Å². The minimum atomic E-state index is -0.731. The largest absolute Gasteiger partial charge is 0.481 e. The standard InChI is InChI=1S/C13H20N2O2.ClH/c1-15(11-8-13(16)17)10-5-3-7-12-6-2-4-9-14-12;/h2,4,6,9H,3,5,7-8,10-11H2,1H3,(H,16,17);1H. The van der Waals surface area contributed by atoms with Gasteiger partial charge in [0.25, 0.3) is 0 Å². The Kier molecular flexibility index (Phi) is 9.24. The lowest BCUT2D eigenvalue weighted by molar-refractivity contribution is -0.137. The van der Waals surface area contributed by atoms with E-state index < -0.39 is 5.97 Å². The van der Waals surface area contributed by atoms with Crippen LogP contribution in [0, 0.1) is 0 Å². The number of aromatic nitrogens is 1. The first-order chi connectivity index (χ1) is 8.18. The second-order valence-electron chi connectivity index (χ2n) is 4.23. The van der Waals surface area contributed by atoms with Crippen molar-refractivity contribution in [2.75, 3.05) is 20.1 Å². The van der Waals surface area contributed by atoms with Crippen LogP contribution in [0.4, 0.5) is 0 Å². The monoisotopic (exact) mass is 272 g/mol. The molecule has 1 heterocycles. The summed E-state index contributed by atoms with van der Waals surface area (Å²) in [6, 6.07) is 5.96. The molecule has 1 aromatic heterocycles. The fourth-order valence-electron chi connectivity index (χ4n) is 1.63. The number of unbranched alkanes of at least 4 members (excludes halogenated alkanes) is 1. The number of carboxylic acids is 1. The Hall–Kier alpha value is -1.13.